The van der Waals surface area contributed by atoms with Crippen molar-refractivity contribution in [2.75, 3.05) is 92.1 Å². The van der Waals surface area contributed by atoms with Crippen LogP contribution in [-0.2, 0) is 72.0 Å². The van der Waals surface area contributed by atoms with Gasteiger partial charge in [0.15, 0.2) is 0 Å². The van der Waals surface area contributed by atoms with Gasteiger partial charge in [0.2, 0.25) is 11.8 Å². The molecule has 2 heterocycles. The van der Waals surface area contributed by atoms with Gasteiger partial charge in [0.1, 0.15) is 31.6 Å². The molecule has 2 aliphatic heterocycles. The molecule has 2 fully saturated rings. The minimum Gasteiger partial charge on any atom is -0.480 e. The fourth-order valence-corrected chi connectivity index (χ4v) is 8.83. The summed E-state index contributed by atoms with van der Waals surface area (Å²) in [7, 11) is 0. The lowest BCUT2D eigenvalue weighted by atomic mass is 9.75. The number of carboxylic acids is 1. The van der Waals surface area contributed by atoms with Crippen molar-refractivity contribution in [3.63, 3.8) is 0 Å². The van der Waals surface area contributed by atoms with Crippen LogP contribution in [-0.4, -0.2) is 149 Å². The van der Waals surface area contributed by atoms with E-state index in [-0.39, 0.29) is 101 Å². The molecule has 70 heavy (non-hydrogen) atoms. The molecule has 2 saturated heterocycles. The summed E-state index contributed by atoms with van der Waals surface area (Å²) in [6.45, 7) is 4.07. The summed E-state index contributed by atoms with van der Waals surface area (Å²) in [6.07, 6.45) is 3.25. The lowest BCUT2D eigenvalue weighted by Gasteiger charge is -2.38. The molecule has 3 aromatic carbocycles. The molecule has 0 bridgehead atoms. The first-order valence-corrected chi connectivity index (χ1v) is 24.5. The molecule has 2 aliphatic rings. The number of rotatable bonds is 31. The van der Waals surface area contributed by atoms with Crippen molar-refractivity contribution in [1.82, 2.24) is 16.0 Å². The number of carboxylic acid groups (broad SMARTS) is 1. The first-order valence-electron chi connectivity index (χ1n) is 24.5. The smallest absolute Gasteiger partial charge is 0.480 e. The maximum absolute atomic E-state index is 14.3. The van der Waals surface area contributed by atoms with E-state index in [0.29, 0.717) is 52.4 Å². The summed E-state index contributed by atoms with van der Waals surface area (Å²) in [6, 6.07) is 25.4. The fourth-order valence-electron chi connectivity index (χ4n) is 8.83. The molecule has 18 heteroatoms. The highest BCUT2D eigenvalue weighted by Crippen LogP contribution is 2.31. The third-order valence-electron chi connectivity index (χ3n) is 12.7. The number of ether oxygens (including phenoxy) is 6. The van der Waals surface area contributed by atoms with Crippen molar-refractivity contribution < 1.29 is 66.8 Å². The Labute approximate surface area is 410 Å². The molecule has 0 aliphatic carbocycles. The Morgan fingerprint density at radius 1 is 0.700 bits per heavy atom. The van der Waals surface area contributed by atoms with Crippen LogP contribution >= 0.6 is 0 Å². The van der Waals surface area contributed by atoms with Gasteiger partial charge < -0.3 is 55.2 Å². The Morgan fingerprint density at radius 2 is 1.26 bits per heavy atom. The van der Waals surface area contributed by atoms with E-state index in [1.54, 1.807) is 0 Å². The third-order valence-corrected chi connectivity index (χ3v) is 12.7. The topological polar surface area (TPSA) is 240 Å². The van der Waals surface area contributed by atoms with Gasteiger partial charge >= 0.3 is 18.0 Å². The zero-order valence-corrected chi connectivity index (χ0v) is 40.2. The highest BCUT2D eigenvalue weighted by Gasteiger charge is 2.43. The number of nitrogens with zero attached hydrogens (tertiary/aromatic N) is 1. The maximum atomic E-state index is 14.3. The van der Waals surface area contributed by atoms with E-state index >= 15 is 0 Å². The number of ketones is 1. The molecular weight excluding hydrogens is 903 g/mol. The van der Waals surface area contributed by atoms with Gasteiger partial charge in [-0.1, -0.05) is 91.0 Å². The van der Waals surface area contributed by atoms with Crippen LogP contribution in [0.5, 0.6) is 0 Å². The lowest BCUT2D eigenvalue weighted by molar-refractivity contribution is -0.862. The molecule has 3 aromatic rings. The number of piperidine rings is 2. The number of hydrogen-bond acceptors (Lipinski definition) is 14. The van der Waals surface area contributed by atoms with E-state index in [0.717, 1.165) is 36.0 Å². The summed E-state index contributed by atoms with van der Waals surface area (Å²) >= 11 is 0. The highest BCUT2D eigenvalue weighted by atomic mass is 16.6. The van der Waals surface area contributed by atoms with Gasteiger partial charge in [0.05, 0.1) is 84.3 Å². The maximum Gasteiger partial charge on any atom is 0.516 e. The first-order chi connectivity index (χ1) is 34.0. The molecule has 0 radical (unpaired) electrons. The Hall–Kier alpha value is -5.60. The van der Waals surface area contributed by atoms with Crippen molar-refractivity contribution in [1.29, 1.82) is 0 Å². The lowest BCUT2D eigenvalue weighted by Crippen LogP contribution is -2.57. The molecular formula is C52H72N5O13+. The Kier molecular flexibility index (Phi) is 24.4. The number of nitrogens with one attached hydrogen (secondary N) is 3. The molecule has 2 unspecified atom stereocenters. The Balaban J connectivity index is 1.20. The molecule has 6 N–H and O–H groups in total. The predicted molar refractivity (Wildman–Crippen MR) is 258 cm³/mol. The second kappa shape index (κ2) is 30.9. The number of amides is 3. The number of carbonyl (C=O) groups excluding carboxylic acids is 5. The van der Waals surface area contributed by atoms with E-state index in [1.165, 1.54) is 0 Å². The van der Waals surface area contributed by atoms with E-state index in [2.05, 4.69) is 16.0 Å². The number of Topliss-reactive ketones (excluding diaryl/α,β-unsaturated/α-hetero) is 1. The van der Waals surface area contributed by atoms with E-state index in [4.69, 9.17) is 39.3 Å². The number of hydrogen-bond donors (Lipinski definition) is 5. The van der Waals surface area contributed by atoms with Crippen molar-refractivity contribution in [3.05, 3.63) is 108 Å². The Morgan fingerprint density at radius 3 is 1.86 bits per heavy atom. The summed E-state index contributed by atoms with van der Waals surface area (Å²) in [4.78, 5) is 80.6. The van der Waals surface area contributed by atoms with E-state index in [9.17, 15) is 28.8 Å². The number of benzene rings is 3. The zero-order valence-electron chi connectivity index (χ0n) is 40.2. The fraction of sp³-hybridized carbons (Fsp3) is 0.538. The predicted octanol–water partition coefficient (Wildman–Crippen LogP) is 3.58. The average Bonchev–Trinajstić information content (AvgIpc) is 3.38. The van der Waals surface area contributed by atoms with Gasteiger partial charge in [-0.25, -0.2) is 9.28 Å². The standard InChI is InChI=1S/C52H71N5O13/c53-48(50(62)56-45(33-39-13-5-1-6-14-39)49(61)55-22-26-65-27-28-66-29-30-67-31-32-68-38-47(59)60)44(51(63)69-36-40-15-7-2-8-16-40)34-42-35-54-21-19-43(42)46(58)20-25-57(23-11-4-12-24-57)52(64)70-37-41-17-9-3-10-18-41/h1-3,5-10,13-18,42-45,48,54H,4,11-12,19-38,53H2,(H2-,55,56,59,60,61,62)/p+1/t42?,43-,44?,45+,48+/m1/s1. The van der Waals surface area contributed by atoms with Crippen LogP contribution in [0.15, 0.2) is 91.0 Å². The minimum absolute atomic E-state index is 0.0141. The molecule has 0 saturated carbocycles. The number of likely N-dealkylation sites (tertiary alicyclic amines) is 1. The average molecular weight is 975 g/mol. The summed E-state index contributed by atoms with van der Waals surface area (Å²) in [5, 5.41) is 17.6. The molecule has 5 atom stereocenters. The van der Waals surface area contributed by atoms with Crippen LogP contribution in [0.4, 0.5) is 4.79 Å². The van der Waals surface area contributed by atoms with Gasteiger partial charge in [-0.2, -0.15) is 4.79 Å². The SMILES string of the molecule is N[C@H](C(=O)N[C@@H](Cc1ccccc1)C(=O)NCCOCCOCCOCCOCC(=O)O)C(CC1CNCC[C@H]1C(=O)CC[N+]1(C(=O)OCc2ccccc2)CCCCC1)C(=O)OCc1ccccc1. The molecule has 0 aromatic heterocycles. The van der Waals surface area contributed by atoms with Crippen molar-refractivity contribution >= 4 is 35.6 Å². The van der Waals surface area contributed by atoms with Crippen LogP contribution < -0.4 is 21.7 Å². The molecule has 18 nitrogen and oxygen atoms in total. The third kappa shape index (κ3) is 19.3. The largest absolute Gasteiger partial charge is 0.516 e. The van der Waals surface area contributed by atoms with Crippen LogP contribution in [0, 0.1) is 17.8 Å². The van der Waals surface area contributed by atoms with Crippen LogP contribution in [0.3, 0.4) is 0 Å². The van der Waals surface area contributed by atoms with Gasteiger partial charge in [0.25, 0.3) is 0 Å². The molecule has 0 spiro atoms. The molecule has 5 rings (SSSR count). The van der Waals surface area contributed by atoms with Gasteiger partial charge in [-0.3, -0.25) is 19.2 Å². The van der Waals surface area contributed by atoms with Crippen LogP contribution in [0.1, 0.15) is 55.2 Å². The van der Waals surface area contributed by atoms with Crippen molar-refractivity contribution in [3.8, 4) is 0 Å². The highest BCUT2D eigenvalue weighted by molar-refractivity contribution is 5.92. The summed E-state index contributed by atoms with van der Waals surface area (Å²) < 4.78 is 33.1. The minimum atomic E-state index is -1.44. The number of quaternary nitrogens is 1. The number of aliphatic carboxylic acids is 1. The monoisotopic (exact) mass is 975 g/mol. The van der Waals surface area contributed by atoms with Gasteiger partial charge in [-0.15, -0.1) is 0 Å². The number of nitrogens with two attached hydrogens (primary N) is 1. The summed E-state index contributed by atoms with van der Waals surface area (Å²) in [5.41, 5.74) is 9.18. The first kappa shape index (κ1) is 55.3. The van der Waals surface area contributed by atoms with Gasteiger partial charge in [-0.05, 0) is 67.8 Å². The van der Waals surface area contributed by atoms with Crippen molar-refractivity contribution in [2.24, 2.45) is 23.5 Å². The Bertz CT molecular complexity index is 2040. The number of esters is 1. The van der Waals surface area contributed by atoms with E-state index < -0.39 is 47.7 Å². The number of carbonyl (C=O) groups is 6. The molecule has 382 valence electrons. The van der Waals surface area contributed by atoms with Crippen LogP contribution in [0.2, 0.25) is 0 Å². The van der Waals surface area contributed by atoms with E-state index in [1.807, 2.05) is 91.0 Å². The molecule has 3 amide bonds. The second-order valence-electron chi connectivity index (χ2n) is 17.8. The zero-order chi connectivity index (χ0) is 49.8. The van der Waals surface area contributed by atoms with Crippen LogP contribution in [0.25, 0.3) is 0 Å². The second-order valence-corrected chi connectivity index (χ2v) is 17.8. The normalized spacial score (nSPS) is 17.8. The van der Waals surface area contributed by atoms with Crippen molar-refractivity contribution in [2.45, 2.75) is 70.2 Å². The summed E-state index contributed by atoms with van der Waals surface area (Å²) in [5.74, 6) is -4.96. The quantitative estimate of drug-likeness (QED) is 0.0352. The van der Waals surface area contributed by atoms with Gasteiger partial charge in [0, 0.05) is 18.9 Å².